The van der Waals surface area contributed by atoms with E-state index >= 15 is 0 Å². The molecular weight excluding hydrogens is 1230 g/mol. The van der Waals surface area contributed by atoms with Gasteiger partial charge in [0.25, 0.3) is 11.4 Å². The lowest BCUT2D eigenvalue weighted by Crippen LogP contribution is -2.52. The number of hydrogen-bond acceptors (Lipinski definition) is 21. The van der Waals surface area contributed by atoms with Crippen LogP contribution in [0.4, 0.5) is 53.4 Å². The number of aliphatic imine (C=N–C) groups is 3. The molecule has 6 N–H and O–H groups in total. The molecule has 88 heavy (non-hydrogen) atoms. The number of nitro benzene ring substituents is 2. The minimum Gasteiger partial charge on any atom is -0.444 e. The fourth-order valence-corrected chi connectivity index (χ4v) is 14.0. The average molecular weight is 1300 g/mol. The quantitative estimate of drug-likeness (QED) is 0.0460. The standard InChI is InChI=1S/C19H23F2N3O5S.C19H25F2N3O3S.C19H24FN3O6S/c1-18(2,3)29-17(25)22-16-23-19(10-28-13(8-20)6-11(19)9-30-16)14-7-12(24(26)27)4-5-15(14)21;1-18(2,3)27-17(25)23-16-24-19(14-7-12(22)4-5-15(14)21)10-26-13(8-20)6-11(19)9-28-16;1-18(2,3)29-17(25)21-16-22-19(10-28-13(8-24)6-11(19)9-30-16)14-7-12(23(26)27)4-5-15(14)20/h4-5,7,11,13H,6,8-10H2,1-3H3,(H,22,23,25);4-5,7,11,13H,6,8-10,22H2,1-3H3,(H,23,24,25);4-5,7,11,13,24H,6,8-10H2,1-3H3,(H,21,22,25)/t3*11-,13+,19-/m000/s1. The van der Waals surface area contributed by atoms with E-state index in [-0.39, 0.29) is 83.4 Å². The Morgan fingerprint density at radius 2 is 0.886 bits per heavy atom. The molecule has 0 spiro atoms. The smallest absolute Gasteiger partial charge is 0.413 e. The number of alkyl halides is 2. The van der Waals surface area contributed by atoms with Gasteiger partial charge in [-0.1, -0.05) is 35.3 Å². The topological polar surface area (TPSA) is 312 Å². The molecule has 3 saturated heterocycles. The number of nitrogens with one attached hydrogen (secondary N) is 3. The van der Waals surface area contributed by atoms with Crippen molar-refractivity contribution in [3.8, 4) is 0 Å². The summed E-state index contributed by atoms with van der Waals surface area (Å²) < 4.78 is 103. The number of nitrogens with two attached hydrogens (primary N) is 1. The third-order valence-electron chi connectivity index (χ3n) is 14.5. The molecule has 0 radical (unpaired) electrons. The van der Waals surface area contributed by atoms with Crippen molar-refractivity contribution >= 4 is 86.1 Å². The van der Waals surface area contributed by atoms with Gasteiger partial charge in [-0.3, -0.25) is 36.2 Å². The minimum atomic E-state index is -1.32. The lowest BCUT2D eigenvalue weighted by Gasteiger charge is -2.46. The summed E-state index contributed by atoms with van der Waals surface area (Å²) in [6.07, 6.45) is -2.61. The molecule has 23 nitrogen and oxygen atoms in total. The van der Waals surface area contributed by atoms with Gasteiger partial charge in [0.15, 0.2) is 15.5 Å². The summed E-state index contributed by atoms with van der Waals surface area (Å²) in [5, 5.41) is 40.4. The molecule has 6 aliphatic rings. The van der Waals surface area contributed by atoms with Gasteiger partial charge in [0.1, 0.15) is 64.2 Å². The van der Waals surface area contributed by atoms with Gasteiger partial charge in [-0.05, 0) is 112 Å². The summed E-state index contributed by atoms with van der Waals surface area (Å²) in [5.74, 6) is -1.16. The van der Waals surface area contributed by atoms with Crippen molar-refractivity contribution in [2.45, 2.75) is 133 Å². The number of hydrogen-bond donors (Lipinski definition) is 5. The number of fused-ring (bicyclic) bond motifs is 3. The Bertz CT molecular complexity index is 3050. The normalized spacial score (nSPS) is 26.7. The molecule has 31 heteroatoms. The number of aliphatic hydroxyl groups is 1. The molecule has 9 rings (SSSR count). The number of alkyl carbamates (subject to hydrolysis) is 3. The summed E-state index contributed by atoms with van der Waals surface area (Å²) in [7, 11) is 0. The van der Waals surface area contributed by atoms with Crippen LogP contribution >= 0.6 is 35.3 Å². The number of non-ortho nitro benzene ring substituents is 2. The maximum atomic E-state index is 14.9. The van der Waals surface area contributed by atoms with Crippen molar-refractivity contribution in [1.82, 2.24) is 16.0 Å². The lowest BCUT2D eigenvalue weighted by molar-refractivity contribution is -0.385. The van der Waals surface area contributed by atoms with Crippen LogP contribution in [0.1, 0.15) is 98.3 Å². The fraction of sp³-hybridized carbons (Fsp3) is 0.579. The molecule has 9 atom stereocenters. The van der Waals surface area contributed by atoms with Gasteiger partial charge in [0.05, 0.1) is 54.6 Å². The van der Waals surface area contributed by atoms with Crippen LogP contribution in [-0.2, 0) is 45.0 Å². The van der Waals surface area contributed by atoms with Gasteiger partial charge in [0, 0.05) is 81.7 Å². The zero-order valence-corrected chi connectivity index (χ0v) is 52.3. The third kappa shape index (κ3) is 17.1. The minimum absolute atomic E-state index is 0.00663. The summed E-state index contributed by atoms with van der Waals surface area (Å²) in [6, 6.07) is 10.8. The highest BCUT2D eigenvalue weighted by Gasteiger charge is 2.53. The molecule has 482 valence electrons. The highest BCUT2D eigenvalue weighted by atomic mass is 32.2. The summed E-state index contributed by atoms with van der Waals surface area (Å²) in [6.45, 7) is 13.9. The number of nitro groups is 2. The molecule has 3 amide bonds. The zero-order chi connectivity index (χ0) is 64.7. The SMILES string of the molecule is CC(C)(C)OC(=O)NC1=N[C@@]2(c3cc(N)ccc3F)CO[C@@H](CF)C[C@H]2CS1.CC(C)(C)OC(=O)NC1=N[C@@]2(c3cc([N+](=O)[O-])ccc3F)CO[C@@H](CF)C[C@H]2CS1.CC(C)(C)OC(=O)NC1=N[C@@]2(c3cc([N+](=O)[O-])ccc3F)CO[C@@H](CO)C[C@H]2CS1. The van der Waals surface area contributed by atoms with Crippen LogP contribution < -0.4 is 21.7 Å². The highest BCUT2D eigenvalue weighted by Crippen LogP contribution is 2.51. The van der Waals surface area contributed by atoms with Crippen molar-refractivity contribution in [2.75, 3.05) is 62.8 Å². The van der Waals surface area contributed by atoms with E-state index in [1.807, 2.05) is 0 Å². The number of carbonyl (C=O) groups is 3. The number of amidine groups is 3. The number of ether oxygens (including phenoxy) is 6. The summed E-state index contributed by atoms with van der Waals surface area (Å²) >= 11 is 3.82. The number of benzene rings is 3. The lowest BCUT2D eigenvalue weighted by atomic mass is 9.75. The van der Waals surface area contributed by atoms with Crippen LogP contribution in [0.3, 0.4) is 0 Å². The maximum Gasteiger partial charge on any atom is 0.413 e. The van der Waals surface area contributed by atoms with Gasteiger partial charge in [-0.15, -0.1) is 0 Å². The second kappa shape index (κ2) is 28.2. The van der Waals surface area contributed by atoms with Crippen LogP contribution in [-0.4, -0.2) is 141 Å². The number of nitrogens with zero attached hydrogens (tertiary/aromatic N) is 5. The number of amides is 3. The molecule has 0 aliphatic carbocycles. The van der Waals surface area contributed by atoms with Crippen molar-refractivity contribution in [3.63, 3.8) is 0 Å². The van der Waals surface area contributed by atoms with Crippen molar-refractivity contribution in [3.05, 3.63) is 109 Å². The molecule has 0 aromatic heterocycles. The first-order valence-electron chi connectivity index (χ1n) is 27.9. The largest absolute Gasteiger partial charge is 0.444 e. The third-order valence-corrected chi connectivity index (χ3v) is 17.6. The van der Waals surface area contributed by atoms with Crippen LogP contribution in [0, 0.1) is 55.4 Å². The van der Waals surface area contributed by atoms with E-state index in [9.17, 15) is 61.7 Å². The number of rotatable bonds is 8. The molecule has 3 aromatic carbocycles. The van der Waals surface area contributed by atoms with Crippen LogP contribution in [0.15, 0.2) is 69.6 Å². The van der Waals surface area contributed by atoms with Crippen molar-refractivity contribution in [2.24, 2.45) is 32.7 Å². The molecule has 0 saturated carbocycles. The number of thioether (sulfide) groups is 3. The highest BCUT2D eigenvalue weighted by molar-refractivity contribution is 8.14. The number of anilines is 1. The zero-order valence-electron chi connectivity index (χ0n) is 49.8. The second-order valence-electron chi connectivity index (χ2n) is 24.5. The van der Waals surface area contributed by atoms with Crippen LogP contribution in [0.2, 0.25) is 0 Å². The molecule has 3 aromatic rings. The molecule has 0 bridgehead atoms. The Labute approximate surface area is 517 Å². The molecular formula is C57H72F5N9O14S3. The maximum absolute atomic E-state index is 14.9. The average Bonchev–Trinajstić information content (AvgIpc) is 0.910. The predicted molar refractivity (Wildman–Crippen MR) is 322 cm³/mol. The van der Waals surface area contributed by atoms with E-state index in [1.165, 1.54) is 53.5 Å². The first-order valence-corrected chi connectivity index (χ1v) is 30.9. The van der Waals surface area contributed by atoms with Gasteiger partial charge in [-0.25, -0.2) is 51.3 Å². The van der Waals surface area contributed by atoms with E-state index in [4.69, 9.17) is 34.2 Å². The van der Waals surface area contributed by atoms with Crippen LogP contribution in [0.25, 0.3) is 0 Å². The van der Waals surface area contributed by atoms with Gasteiger partial charge in [0.2, 0.25) is 0 Å². The van der Waals surface area contributed by atoms with Crippen molar-refractivity contribution < 1.29 is 79.7 Å². The Balaban J connectivity index is 0.000000188. The predicted octanol–water partition coefficient (Wildman–Crippen LogP) is 10.5. The van der Waals surface area contributed by atoms with E-state index in [0.717, 1.165) is 36.4 Å². The first kappa shape index (κ1) is 69.1. The Morgan fingerprint density at radius 3 is 1.19 bits per heavy atom. The fourth-order valence-electron chi connectivity index (χ4n) is 10.6. The Hall–Kier alpha value is -6.38. The number of halogens is 5. The molecule has 3 fully saturated rings. The first-order chi connectivity index (χ1) is 41.2. The number of nitrogen functional groups attached to an aromatic ring is 1. The monoisotopic (exact) mass is 1300 g/mol. The van der Waals surface area contributed by atoms with E-state index in [2.05, 4.69) is 30.9 Å². The molecule has 6 heterocycles. The summed E-state index contributed by atoms with van der Waals surface area (Å²) in [5.41, 5.74) is 0.265. The number of carbonyl (C=O) groups excluding carboxylic acids is 3. The van der Waals surface area contributed by atoms with E-state index < -0.39 is 111 Å². The van der Waals surface area contributed by atoms with Crippen LogP contribution in [0.5, 0.6) is 0 Å². The Kier molecular flexibility index (Phi) is 22.1. The van der Waals surface area contributed by atoms with Gasteiger partial charge < -0.3 is 39.3 Å². The van der Waals surface area contributed by atoms with E-state index in [0.29, 0.717) is 46.5 Å². The molecule has 0 unspecified atom stereocenters. The molecule has 6 aliphatic heterocycles. The van der Waals surface area contributed by atoms with E-state index in [1.54, 1.807) is 62.3 Å². The summed E-state index contributed by atoms with van der Waals surface area (Å²) in [4.78, 5) is 71.6. The van der Waals surface area contributed by atoms with Gasteiger partial charge in [-0.2, -0.15) is 0 Å². The number of aliphatic hydroxyl groups excluding tert-OH is 1. The Morgan fingerprint density at radius 1 is 0.580 bits per heavy atom. The van der Waals surface area contributed by atoms with Crippen molar-refractivity contribution in [1.29, 1.82) is 0 Å². The van der Waals surface area contributed by atoms with Gasteiger partial charge >= 0.3 is 18.3 Å². The second-order valence-corrected chi connectivity index (χ2v) is 27.5.